The predicted molar refractivity (Wildman–Crippen MR) is 67.4 cm³/mol. The molecule has 0 saturated carbocycles. The molecular formula is C14H16FNO2. The summed E-state index contributed by atoms with van der Waals surface area (Å²) in [4.78, 5) is 13.5. The molecule has 0 aliphatic heterocycles. The van der Waals surface area contributed by atoms with Crippen LogP contribution in [0.1, 0.15) is 35.9 Å². The van der Waals surface area contributed by atoms with Gasteiger partial charge in [0.05, 0.1) is 5.56 Å². The Kier molecular flexibility index (Phi) is 4.87. The Labute approximate surface area is 106 Å². The van der Waals surface area contributed by atoms with Crippen molar-refractivity contribution in [1.29, 1.82) is 0 Å². The van der Waals surface area contributed by atoms with Crippen molar-refractivity contribution in [2.45, 2.75) is 20.0 Å². The van der Waals surface area contributed by atoms with Crippen molar-refractivity contribution < 1.29 is 14.3 Å². The van der Waals surface area contributed by atoms with Crippen LogP contribution in [0.5, 0.6) is 0 Å². The van der Waals surface area contributed by atoms with Crippen molar-refractivity contribution in [3.05, 3.63) is 35.1 Å². The molecule has 0 aliphatic rings. The van der Waals surface area contributed by atoms with Crippen LogP contribution in [0.15, 0.2) is 18.2 Å². The zero-order valence-electron chi connectivity index (χ0n) is 10.5. The van der Waals surface area contributed by atoms with Crippen molar-refractivity contribution >= 4 is 5.91 Å². The summed E-state index contributed by atoms with van der Waals surface area (Å²) in [6, 6.07) is 3.83. The fourth-order valence-corrected chi connectivity index (χ4v) is 1.65. The lowest BCUT2D eigenvalue weighted by molar-refractivity contribution is 0.0768. The SMILES string of the molecule is C#CC(O)c1ccc(F)c(C(=O)N(CC)CC)c1. The van der Waals surface area contributed by atoms with Crippen LogP contribution < -0.4 is 0 Å². The topological polar surface area (TPSA) is 40.5 Å². The summed E-state index contributed by atoms with van der Waals surface area (Å²) in [7, 11) is 0. The molecule has 0 heterocycles. The standard InChI is InChI=1S/C14H16FNO2/c1-4-13(17)10-7-8-12(15)11(9-10)14(18)16(5-2)6-3/h1,7-9,13,17H,5-6H2,2-3H3. The van der Waals surface area contributed by atoms with E-state index in [1.54, 1.807) is 0 Å². The number of amides is 1. The second-order valence-corrected chi connectivity index (χ2v) is 3.79. The number of halogens is 1. The molecule has 4 heteroatoms. The third-order valence-corrected chi connectivity index (χ3v) is 2.75. The van der Waals surface area contributed by atoms with E-state index in [2.05, 4.69) is 5.92 Å². The first kappa shape index (κ1) is 14.2. The molecule has 96 valence electrons. The van der Waals surface area contributed by atoms with Gasteiger partial charge in [-0.25, -0.2) is 4.39 Å². The van der Waals surface area contributed by atoms with Gasteiger partial charge in [-0.05, 0) is 31.5 Å². The number of rotatable bonds is 4. The zero-order chi connectivity index (χ0) is 13.7. The van der Waals surface area contributed by atoms with Crippen LogP contribution in [0.2, 0.25) is 0 Å². The number of carbonyl (C=O) groups excluding carboxylic acids is 1. The smallest absolute Gasteiger partial charge is 0.256 e. The van der Waals surface area contributed by atoms with Crippen LogP contribution in [0, 0.1) is 18.2 Å². The third-order valence-electron chi connectivity index (χ3n) is 2.75. The lowest BCUT2D eigenvalue weighted by Gasteiger charge is -2.19. The average molecular weight is 249 g/mol. The van der Waals surface area contributed by atoms with Gasteiger partial charge in [0.15, 0.2) is 0 Å². The molecule has 1 rings (SSSR count). The van der Waals surface area contributed by atoms with Crippen molar-refractivity contribution in [3.63, 3.8) is 0 Å². The number of terminal acetylenes is 1. The molecule has 1 amide bonds. The molecule has 1 unspecified atom stereocenters. The lowest BCUT2D eigenvalue weighted by Crippen LogP contribution is -2.31. The predicted octanol–water partition coefficient (Wildman–Crippen LogP) is 1.97. The van der Waals surface area contributed by atoms with E-state index in [0.29, 0.717) is 18.7 Å². The third kappa shape index (κ3) is 2.88. The van der Waals surface area contributed by atoms with Gasteiger partial charge in [0.25, 0.3) is 5.91 Å². The van der Waals surface area contributed by atoms with Gasteiger partial charge in [-0.15, -0.1) is 6.42 Å². The molecule has 0 fully saturated rings. The number of hydrogen-bond donors (Lipinski definition) is 1. The normalized spacial score (nSPS) is 11.7. The Hall–Kier alpha value is -1.86. The van der Waals surface area contributed by atoms with Crippen LogP contribution in [0.25, 0.3) is 0 Å². The quantitative estimate of drug-likeness (QED) is 0.829. The minimum atomic E-state index is -1.13. The van der Waals surface area contributed by atoms with E-state index in [-0.39, 0.29) is 5.56 Å². The molecule has 0 bridgehead atoms. The Balaban J connectivity index is 3.16. The number of carbonyl (C=O) groups is 1. The van der Waals surface area contributed by atoms with E-state index in [9.17, 15) is 14.3 Å². The van der Waals surface area contributed by atoms with Gasteiger partial charge in [0.1, 0.15) is 11.9 Å². The molecule has 1 aromatic carbocycles. The van der Waals surface area contributed by atoms with Crippen LogP contribution in [0.3, 0.4) is 0 Å². The summed E-state index contributed by atoms with van der Waals surface area (Å²) in [5.74, 6) is 1.12. The summed E-state index contributed by atoms with van der Waals surface area (Å²) in [6.07, 6.45) is 3.96. The van der Waals surface area contributed by atoms with E-state index in [0.717, 1.165) is 6.07 Å². The van der Waals surface area contributed by atoms with Gasteiger partial charge in [-0.3, -0.25) is 4.79 Å². The van der Waals surface area contributed by atoms with E-state index in [4.69, 9.17) is 6.42 Å². The average Bonchev–Trinajstić information content (AvgIpc) is 2.39. The van der Waals surface area contributed by atoms with Gasteiger partial charge >= 0.3 is 0 Å². The minimum Gasteiger partial charge on any atom is -0.376 e. The summed E-state index contributed by atoms with van der Waals surface area (Å²) < 4.78 is 13.6. The maximum Gasteiger partial charge on any atom is 0.256 e. The van der Waals surface area contributed by atoms with Crippen molar-refractivity contribution in [1.82, 2.24) is 4.90 Å². The second-order valence-electron chi connectivity index (χ2n) is 3.79. The minimum absolute atomic E-state index is 0.0644. The first-order valence-electron chi connectivity index (χ1n) is 5.78. The van der Waals surface area contributed by atoms with E-state index < -0.39 is 17.8 Å². The van der Waals surface area contributed by atoms with E-state index >= 15 is 0 Å². The first-order chi connectivity index (χ1) is 8.54. The van der Waals surface area contributed by atoms with Crippen molar-refractivity contribution in [2.75, 3.05) is 13.1 Å². The monoisotopic (exact) mass is 249 g/mol. The molecule has 1 N–H and O–H groups in total. The summed E-state index contributed by atoms with van der Waals surface area (Å²) in [5.41, 5.74) is 0.278. The highest BCUT2D eigenvalue weighted by molar-refractivity contribution is 5.94. The molecule has 0 aromatic heterocycles. The van der Waals surface area contributed by atoms with Gasteiger partial charge < -0.3 is 10.0 Å². The summed E-state index contributed by atoms with van der Waals surface area (Å²) in [6.45, 7) is 4.63. The van der Waals surface area contributed by atoms with Crippen LogP contribution in [0.4, 0.5) is 4.39 Å². The molecular weight excluding hydrogens is 233 g/mol. The molecule has 0 spiro atoms. The fourth-order valence-electron chi connectivity index (χ4n) is 1.65. The highest BCUT2D eigenvalue weighted by atomic mass is 19.1. The summed E-state index contributed by atoms with van der Waals surface area (Å²) in [5, 5.41) is 9.50. The van der Waals surface area contributed by atoms with Crippen LogP contribution >= 0.6 is 0 Å². The second kappa shape index (κ2) is 6.18. The van der Waals surface area contributed by atoms with Gasteiger partial charge in [-0.2, -0.15) is 0 Å². The lowest BCUT2D eigenvalue weighted by atomic mass is 10.0. The largest absolute Gasteiger partial charge is 0.376 e. The summed E-state index contributed by atoms with van der Waals surface area (Å²) >= 11 is 0. The Morgan fingerprint density at radius 2 is 2.11 bits per heavy atom. The highest BCUT2D eigenvalue weighted by Gasteiger charge is 2.18. The molecule has 0 saturated heterocycles. The highest BCUT2D eigenvalue weighted by Crippen LogP contribution is 2.18. The molecule has 1 atom stereocenters. The molecule has 1 aromatic rings. The Morgan fingerprint density at radius 3 is 2.61 bits per heavy atom. The first-order valence-corrected chi connectivity index (χ1v) is 5.78. The van der Waals surface area contributed by atoms with E-state index in [1.165, 1.54) is 17.0 Å². The molecule has 3 nitrogen and oxygen atoms in total. The van der Waals surface area contributed by atoms with Gasteiger partial charge in [0.2, 0.25) is 0 Å². The molecule has 0 radical (unpaired) electrons. The van der Waals surface area contributed by atoms with Gasteiger partial charge in [-0.1, -0.05) is 12.0 Å². The zero-order valence-corrected chi connectivity index (χ0v) is 10.5. The van der Waals surface area contributed by atoms with Crippen LogP contribution in [-0.4, -0.2) is 29.0 Å². The van der Waals surface area contributed by atoms with Gasteiger partial charge in [0, 0.05) is 13.1 Å². The number of benzene rings is 1. The van der Waals surface area contributed by atoms with E-state index in [1.807, 2.05) is 13.8 Å². The Bertz CT molecular complexity index is 475. The Morgan fingerprint density at radius 1 is 1.50 bits per heavy atom. The fraction of sp³-hybridized carbons (Fsp3) is 0.357. The molecule has 0 aliphatic carbocycles. The number of hydrogen-bond acceptors (Lipinski definition) is 2. The number of nitrogens with zero attached hydrogens (tertiary/aromatic N) is 1. The number of aliphatic hydroxyl groups excluding tert-OH is 1. The number of aliphatic hydroxyl groups is 1. The van der Waals surface area contributed by atoms with Crippen molar-refractivity contribution in [3.8, 4) is 12.3 Å². The molecule has 18 heavy (non-hydrogen) atoms. The van der Waals surface area contributed by atoms with Crippen molar-refractivity contribution in [2.24, 2.45) is 0 Å². The maximum absolute atomic E-state index is 13.6. The maximum atomic E-state index is 13.6. The van der Waals surface area contributed by atoms with Crippen LogP contribution in [-0.2, 0) is 0 Å².